The lowest BCUT2D eigenvalue weighted by atomic mass is 10.2. The molecule has 25 heavy (non-hydrogen) atoms. The Kier molecular flexibility index (Phi) is 15.1. The summed E-state index contributed by atoms with van der Waals surface area (Å²) in [5.74, 6) is 0.642. The molecule has 1 unspecified atom stereocenters. The van der Waals surface area contributed by atoms with E-state index in [1.54, 1.807) is 0 Å². The number of unbranched alkanes of at least 4 members (excludes halogenated alkanes) is 3. The number of hydrogen-bond acceptors (Lipinski definition) is 4. The van der Waals surface area contributed by atoms with Gasteiger partial charge in [0.15, 0.2) is 0 Å². The molecule has 4 nitrogen and oxygen atoms in total. The summed E-state index contributed by atoms with van der Waals surface area (Å²) in [6, 6.07) is 0. The van der Waals surface area contributed by atoms with Crippen LogP contribution in [0, 0.1) is 0 Å². The summed E-state index contributed by atoms with van der Waals surface area (Å²) in [5, 5.41) is 0.496. The Labute approximate surface area is 160 Å². The Morgan fingerprint density at radius 1 is 0.920 bits per heavy atom. The van der Waals surface area contributed by atoms with Gasteiger partial charge in [0.05, 0.1) is 25.1 Å². The van der Waals surface area contributed by atoms with Crippen LogP contribution in [0.25, 0.3) is 0 Å². The first-order valence-corrected chi connectivity index (χ1v) is 11.8. The molecule has 0 aromatic heterocycles. The maximum absolute atomic E-state index is 13.5. The van der Waals surface area contributed by atoms with Gasteiger partial charge in [-0.1, -0.05) is 47.0 Å². The van der Waals surface area contributed by atoms with Crippen molar-refractivity contribution in [2.45, 2.75) is 91.4 Å². The number of hydrogen-bond donors (Lipinski definition) is 0. The molecule has 0 amide bonds. The van der Waals surface area contributed by atoms with Crippen molar-refractivity contribution in [3.63, 3.8) is 0 Å². The first-order valence-electron chi connectivity index (χ1n) is 9.81. The Morgan fingerprint density at radius 3 is 1.84 bits per heavy atom. The van der Waals surface area contributed by atoms with Gasteiger partial charge in [0.2, 0.25) is 0 Å². The molecule has 0 aliphatic carbocycles. The third-order valence-corrected chi connectivity index (χ3v) is 6.60. The van der Waals surface area contributed by atoms with Crippen LogP contribution >= 0.6 is 19.2 Å². The van der Waals surface area contributed by atoms with Crippen molar-refractivity contribution in [3.8, 4) is 0 Å². The van der Waals surface area contributed by atoms with Gasteiger partial charge in [0.1, 0.15) is 5.76 Å². The summed E-state index contributed by atoms with van der Waals surface area (Å²) in [5.41, 5.74) is 0. The molecule has 0 aliphatic heterocycles. The highest BCUT2D eigenvalue weighted by molar-refractivity contribution is 7.58. The molecule has 0 saturated carbocycles. The van der Waals surface area contributed by atoms with Crippen molar-refractivity contribution in [2.24, 2.45) is 0 Å². The van der Waals surface area contributed by atoms with E-state index < -0.39 is 7.60 Å². The van der Waals surface area contributed by atoms with Gasteiger partial charge in [-0.2, -0.15) is 0 Å². The quantitative estimate of drug-likeness (QED) is 0.119. The third-order valence-electron chi connectivity index (χ3n) is 3.93. The topological polar surface area (TPSA) is 44.8 Å². The molecule has 0 N–H and O–H groups in total. The van der Waals surface area contributed by atoms with E-state index in [9.17, 15) is 4.57 Å². The molecular formula is C19H38ClO4P. The highest BCUT2D eigenvalue weighted by Gasteiger charge is 2.34. The van der Waals surface area contributed by atoms with Crippen molar-refractivity contribution in [2.75, 3.05) is 19.8 Å². The first-order chi connectivity index (χ1) is 11.9. The third kappa shape index (κ3) is 10.7. The first kappa shape index (κ1) is 25.0. The molecule has 0 fully saturated rings. The average Bonchev–Trinajstić information content (AvgIpc) is 2.59. The van der Waals surface area contributed by atoms with Crippen molar-refractivity contribution < 1.29 is 18.3 Å². The predicted molar refractivity (Wildman–Crippen MR) is 107 cm³/mol. The highest BCUT2D eigenvalue weighted by Crippen LogP contribution is 2.59. The summed E-state index contributed by atoms with van der Waals surface area (Å²) >= 11 is 6.37. The van der Waals surface area contributed by atoms with Crippen LogP contribution in [0.5, 0.6) is 0 Å². The fourth-order valence-corrected chi connectivity index (χ4v) is 4.39. The number of ether oxygens (including phenoxy) is 1. The molecule has 0 bridgehead atoms. The monoisotopic (exact) mass is 396 g/mol. The SMILES string of the molecule is CCCCOC(C)=C(CC(Cl)CC)P(=O)(OCCCC)OCCCC. The molecule has 0 spiro atoms. The molecule has 0 aromatic rings. The average molecular weight is 397 g/mol. The van der Waals surface area contributed by atoms with E-state index in [4.69, 9.17) is 25.4 Å². The Bertz CT molecular complexity index is 398. The minimum atomic E-state index is -3.39. The van der Waals surface area contributed by atoms with Gasteiger partial charge in [-0.3, -0.25) is 4.57 Å². The van der Waals surface area contributed by atoms with E-state index in [-0.39, 0.29) is 5.38 Å². The molecule has 0 rings (SSSR count). The van der Waals surface area contributed by atoms with Gasteiger partial charge in [0.25, 0.3) is 0 Å². The fourth-order valence-electron chi connectivity index (χ4n) is 2.11. The normalized spacial score (nSPS) is 14.3. The fraction of sp³-hybridized carbons (Fsp3) is 0.895. The maximum atomic E-state index is 13.5. The minimum absolute atomic E-state index is 0.113. The van der Waals surface area contributed by atoms with Gasteiger partial charge >= 0.3 is 7.60 Å². The molecule has 6 heteroatoms. The second-order valence-corrected chi connectivity index (χ2v) is 8.95. The van der Waals surface area contributed by atoms with Crippen LogP contribution in [0.1, 0.15) is 86.0 Å². The number of rotatable bonds is 16. The van der Waals surface area contributed by atoms with E-state index in [1.807, 2.05) is 13.8 Å². The van der Waals surface area contributed by atoms with Crippen molar-refractivity contribution in [1.29, 1.82) is 0 Å². The second kappa shape index (κ2) is 15.1. The van der Waals surface area contributed by atoms with Crippen LogP contribution in [0.2, 0.25) is 0 Å². The Hall–Kier alpha value is -0.0200. The lowest BCUT2D eigenvalue weighted by Gasteiger charge is -2.24. The van der Waals surface area contributed by atoms with Crippen LogP contribution in [0.4, 0.5) is 0 Å². The van der Waals surface area contributed by atoms with E-state index in [0.717, 1.165) is 44.9 Å². The van der Waals surface area contributed by atoms with E-state index in [2.05, 4.69) is 20.8 Å². The van der Waals surface area contributed by atoms with Gasteiger partial charge < -0.3 is 13.8 Å². The zero-order chi connectivity index (χ0) is 19.1. The molecule has 0 radical (unpaired) electrons. The smallest absolute Gasteiger partial charge is 0.360 e. The molecular weight excluding hydrogens is 359 g/mol. The molecule has 150 valence electrons. The van der Waals surface area contributed by atoms with Crippen molar-refractivity contribution in [3.05, 3.63) is 11.1 Å². The van der Waals surface area contributed by atoms with Gasteiger partial charge in [-0.15, -0.1) is 11.6 Å². The van der Waals surface area contributed by atoms with Gasteiger partial charge in [0, 0.05) is 11.8 Å². The summed E-state index contributed by atoms with van der Waals surface area (Å²) < 4.78 is 31.0. The largest absolute Gasteiger partial charge is 0.498 e. The molecule has 0 aliphatic rings. The van der Waals surface area contributed by atoms with Gasteiger partial charge in [-0.05, 0) is 32.6 Å². The van der Waals surface area contributed by atoms with Crippen LogP contribution < -0.4 is 0 Å². The molecule has 0 aromatic carbocycles. The summed E-state index contributed by atoms with van der Waals surface area (Å²) in [6.07, 6.45) is 6.92. The molecule has 1 atom stereocenters. The molecule has 0 saturated heterocycles. The van der Waals surface area contributed by atoms with E-state index in [0.29, 0.717) is 37.3 Å². The number of alkyl halides is 1. The Balaban J connectivity index is 5.44. The van der Waals surface area contributed by atoms with Gasteiger partial charge in [-0.25, -0.2) is 0 Å². The second-order valence-electron chi connectivity index (χ2n) is 6.29. The van der Waals surface area contributed by atoms with Crippen molar-refractivity contribution >= 4 is 19.2 Å². The molecule has 0 heterocycles. The van der Waals surface area contributed by atoms with Crippen LogP contribution in [0.15, 0.2) is 11.1 Å². The summed E-state index contributed by atoms with van der Waals surface area (Å²) in [4.78, 5) is 0. The van der Waals surface area contributed by atoms with Crippen LogP contribution in [0.3, 0.4) is 0 Å². The highest BCUT2D eigenvalue weighted by atomic mass is 35.5. The number of allylic oxidation sites excluding steroid dienone is 2. The van der Waals surface area contributed by atoms with E-state index >= 15 is 0 Å². The predicted octanol–water partition coefficient (Wildman–Crippen LogP) is 7.27. The zero-order valence-electron chi connectivity index (χ0n) is 16.8. The van der Waals surface area contributed by atoms with Crippen LogP contribution in [-0.2, 0) is 18.3 Å². The standard InChI is InChI=1S/C19H38ClO4P/c1-6-10-13-22-17(5)19(16-18(20)9-4)25(21,23-14-11-7-2)24-15-12-8-3/h18H,6-16H2,1-5H3. The minimum Gasteiger partial charge on any atom is -0.498 e. The summed E-state index contributed by atoms with van der Waals surface area (Å²) in [7, 11) is -3.39. The lowest BCUT2D eigenvalue weighted by molar-refractivity contribution is 0.190. The van der Waals surface area contributed by atoms with E-state index in [1.165, 1.54) is 0 Å². The van der Waals surface area contributed by atoms with Crippen molar-refractivity contribution in [1.82, 2.24) is 0 Å². The number of halogens is 1. The van der Waals surface area contributed by atoms with Crippen LogP contribution in [-0.4, -0.2) is 25.2 Å². The zero-order valence-corrected chi connectivity index (χ0v) is 18.5. The summed E-state index contributed by atoms with van der Waals surface area (Å²) in [6.45, 7) is 11.6. The Morgan fingerprint density at radius 2 is 1.40 bits per heavy atom. The lowest BCUT2D eigenvalue weighted by Crippen LogP contribution is -2.09. The maximum Gasteiger partial charge on any atom is 0.360 e.